The number of guanidine groups is 1. The molecule has 6 nitrogen and oxygen atoms in total. The van der Waals surface area contributed by atoms with Crippen LogP contribution in [0.2, 0.25) is 0 Å². The van der Waals surface area contributed by atoms with E-state index in [-0.39, 0.29) is 30.8 Å². The third-order valence-electron chi connectivity index (χ3n) is 1.84. The lowest BCUT2D eigenvalue weighted by Crippen LogP contribution is -2.35. The van der Waals surface area contributed by atoms with Crippen molar-refractivity contribution in [1.82, 2.24) is 4.90 Å². The van der Waals surface area contributed by atoms with Gasteiger partial charge in [0.2, 0.25) is 0 Å². The molecule has 5 N–H and O–H groups in total. The summed E-state index contributed by atoms with van der Waals surface area (Å²) < 4.78 is 0. The Morgan fingerprint density at radius 1 is 1.38 bits per heavy atom. The molecule has 0 heterocycles. The van der Waals surface area contributed by atoms with E-state index < -0.39 is 12.0 Å². The molecule has 16 heavy (non-hydrogen) atoms. The Hall–Kier alpha value is -0.720. The van der Waals surface area contributed by atoms with Crippen LogP contribution in [0.1, 0.15) is 12.8 Å². The normalized spacial score (nSPS) is 10.9. The summed E-state index contributed by atoms with van der Waals surface area (Å²) in [6, 6.07) is -0.468. The van der Waals surface area contributed by atoms with Gasteiger partial charge >= 0.3 is 5.97 Å². The molecule has 0 saturated carbocycles. The highest BCUT2D eigenvalue weighted by molar-refractivity contribution is 5.85. The second kappa shape index (κ2) is 10.8. The number of likely N-dealkylation sites (N-methyl/N-ethyl adjacent to an activating group) is 1. The molecule has 0 radical (unpaired) electrons. The topological polar surface area (TPSA) is 105 Å². The van der Waals surface area contributed by atoms with Gasteiger partial charge < -0.3 is 16.6 Å². The van der Waals surface area contributed by atoms with Crippen LogP contribution in [0.3, 0.4) is 0 Å². The lowest BCUT2D eigenvalue weighted by atomic mass is 10.1. The minimum Gasteiger partial charge on any atom is -0.480 e. The zero-order chi connectivity index (χ0) is 11.1. The van der Waals surface area contributed by atoms with Crippen LogP contribution < -0.4 is 11.5 Å². The van der Waals surface area contributed by atoms with Crippen molar-refractivity contribution >= 4 is 36.7 Å². The maximum atomic E-state index is 10.7. The van der Waals surface area contributed by atoms with E-state index in [1.54, 1.807) is 19.0 Å². The minimum atomic E-state index is -0.820. The number of carboxylic acid groups (broad SMARTS) is 1. The molecule has 98 valence electrons. The molecule has 0 aromatic carbocycles. The Balaban J connectivity index is -0.000000845. The summed E-state index contributed by atoms with van der Waals surface area (Å²) in [7, 11) is 3.47. The van der Waals surface area contributed by atoms with E-state index in [0.29, 0.717) is 19.4 Å². The maximum absolute atomic E-state index is 10.7. The summed E-state index contributed by atoms with van der Waals surface area (Å²) in [6.07, 6.45) is 1.20. The van der Waals surface area contributed by atoms with Gasteiger partial charge in [-0.3, -0.25) is 14.7 Å². The highest BCUT2D eigenvalue weighted by Crippen LogP contribution is 2.03. The third-order valence-corrected chi connectivity index (χ3v) is 1.84. The largest absolute Gasteiger partial charge is 0.480 e. The lowest BCUT2D eigenvalue weighted by Gasteiger charge is -2.19. The van der Waals surface area contributed by atoms with Gasteiger partial charge in [0.25, 0.3) is 0 Å². The molecule has 0 aliphatic rings. The second-order valence-electron chi connectivity index (χ2n) is 3.27. The van der Waals surface area contributed by atoms with Gasteiger partial charge in [0.1, 0.15) is 6.04 Å². The minimum absolute atomic E-state index is 0. The Morgan fingerprint density at radius 2 is 1.88 bits per heavy atom. The van der Waals surface area contributed by atoms with E-state index in [4.69, 9.17) is 16.6 Å². The molecule has 1 atom stereocenters. The molecule has 0 unspecified atom stereocenters. The van der Waals surface area contributed by atoms with Crippen LogP contribution in [-0.2, 0) is 4.79 Å². The maximum Gasteiger partial charge on any atom is 0.320 e. The standard InChI is InChI=1S/C8H18N4O2.2ClH/c1-12(2)6(7(13)14)4-3-5-11-8(9)10;;/h6H,3-5H2,1-2H3,(H,13,14)(H4,9,10,11);2*1H/t6-;;/m0../s1. The fraction of sp³-hybridized carbons (Fsp3) is 0.750. The van der Waals surface area contributed by atoms with Crippen LogP contribution in [0.4, 0.5) is 0 Å². The first-order valence-electron chi connectivity index (χ1n) is 4.39. The average molecular weight is 275 g/mol. The van der Waals surface area contributed by atoms with Crippen molar-refractivity contribution in [2.75, 3.05) is 20.6 Å². The molecule has 0 aliphatic carbocycles. The number of nitrogens with zero attached hydrogens (tertiary/aromatic N) is 2. The van der Waals surface area contributed by atoms with Crippen LogP contribution in [0.25, 0.3) is 0 Å². The predicted molar refractivity (Wildman–Crippen MR) is 69.5 cm³/mol. The number of hydrogen-bond acceptors (Lipinski definition) is 3. The van der Waals surface area contributed by atoms with Gasteiger partial charge in [-0.1, -0.05) is 0 Å². The van der Waals surface area contributed by atoms with Crippen molar-refractivity contribution < 1.29 is 9.90 Å². The smallest absolute Gasteiger partial charge is 0.320 e. The van der Waals surface area contributed by atoms with E-state index in [2.05, 4.69) is 4.99 Å². The van der Waals surface area contributed by atoms with Crippen molar-refractivity contribution in [3.05, 3.63) is 0 Å². The number of halogens is 2. The first-order chi connectivity index (χ1) is 6.45. The van der Waals surface area contributed by atoms with E-state index >= 15 is 0 Å². The fourth-order valence-corrected chi connectivity index (χ4v) is 1.10. The number of nitrogens with two attached hydrogens (primary N) is 2. The Morgan fingerprint density at radius 3 is 2.19 bits per heavy atom. The van der Waals surface area contributed by atoms with Crippen LogP contribution in [0.5, 0.6) is 0 Å². The lowest BCUT2D eigenvalue weighted by molar-refractivity contribution is -0.142. The second-order valence-corrected chi connectivity index (χ2v) is 3.27. The first kappa shape index (κ1) is 20.7. The predicted octanol–water partition coefficient (Wildman–Crippen LogP) is -0.102. The highest BCUT2D eigenvalue weighted by Gasteiger charge is 2.18. The summed E-state index contributed by atoms with van der Waals surface area (Å²) in [5, 5.41) is 8.83. The molecule has 0 rings (SSSR count). The van der Waals surface area contributed by atoms with Crippen molar-refractivity contribution in [3.8, 4) is 0 Å². The van der Waals surface area contributed by atoms with Gasteiger partial charge in [-0.05, 0) is 26.9 Å². The average Bonchev–Trinajstić information content (AvgIpc) is 2.01. The van der Waals surface area contributed by atoms with Gasteiger partial charge in [0.05, 0.1) is 0 Å². The molecule has 0 spiro atoms. The van der Waals surface area contributed by atoms with Gasteiger partial charge in [-0.15, -0.1) is 24.8 Å². The SMILES string of the molecule is CN(C)[C@@H](CCCN=C(N)N)C(=O)O.Cl.Cl. The van der Waals surface area contributed by atoms with Crippen LogP contribution in [0, 0.1) is 0 Å². The van der Waals surface area contributed by atoms with Crippen molar-refractivity contribution in [1.29, 1.82) is 0 Å². The van der Waals surface area contributed by atoms with E-state index in [1.165, 1.54) is 0 Å². The zero-order valence-electron chi connectivity index (χ0n) is 9.42. The molecular weight excluding hydrogens is 255 g/mol. The van der Waals surface area contributed by atoms with Crippen LogP contribution in [0.15, 0.2) is 4.99 Å². The van der Waals surface area contributed by atoms with Crippen LogP contribution in [-0.4, -0.2) is 48.6 Å². The molecule has 0 saturated heterocycles. The van der Waals surface area contributed by atoms with Gasteiger partial charge in [0, 0.05) is 6.54 Å². The highest BCUT2D eigenvalue weighted by atomic mass is 35.5. The van der Waals surface area contributed by atoms with Gasteiger partial charge in [-0.25, -0.2) is 0 Å². The molecule has 0 amide bonds. The van der Waals surface area contributed by atoms with Crippen LogP contribution >= 0.6 is 24.8 Å². The monoisotopic (exact) mass is 274 g/mol. The van der Waals surface area contributed by atoms with Gasteiger partial charge in [-0.2, -0.15) is 0 Å². The molecule has 0 fully saturated rings. The Labute approximate surface area is 108 Å². The summed E-state index contributed by atoms with van der Waals surface area (Å²) in [5.41, 5.74) is 10.3. The third kappa shape index (κ3) is 9.82. The van der Waals surface area contributed by atoms with Gasteiger partial charge in [0.15, 0.2) is 5.96 Å². The number of aliphatic imine (C=N–C) groups is 1. The summed E-state index contributed by atoms with van der Waals surface area (Å²) >= 11 is 0. The molecule has 8 heteroatoms. The first-order valence-corrected chi connectivity index (χ1v) is 4.39. The summed E-state index contributed by atoms with van der Waals surface area (Å²) in [4.78, 5) is 16.2. The van der Waals surface area contributed by atoms with Crippen molar-refractivity contribution in [2.24, 2.45) is 16.5 Å². The van der Waals surface area contributed by atoms with E-state index in [9.17, 15) is 4.79 Å². The number of rotatable bonds is 6. The van der Waals surface area contributed by atoms with E-state index in [0.717, 1.165) is 0 Å². The van der Waals surface area contributed by atoms with E-state index in [1.807, 2.05) is 0 Å². The molecule has 0 aromatic heterocycles. The number of aliphatic carboxylic acids is 1. The van der Waals surface area contributed by atoms with Crippen molar-refractivity contribution in [3.63, 3.8) is 0 Å². The fourth-order valence-electron chi connectivity index (χ4n) is 1.10. The number of carboxylic acids is 1. The summed E-state index contributed by atoms with van der Waals surface area (Å²) in [6.45, 7) is 0.472. The molecular formula is C8H20Cl2N4O2. The number of hydrogen-bond donors (Lipinski definition) is 3. The quantitative estimate of drug-likeness (QED) is 0.356. The zero-order valence-corrected chi connectivity index (χ0v) is 11.1. The number of carbonyl (C=O) groups is 1. The molecule has 0 bridgehead atoms. The molecule has 0 aromatic rings. The summed E-state index contributed by atoms with van der Waals surface area (Å²) in [5.74, 6) is -0.776. The van der Waals surface area contributed by atoms with Crippen molar-refractivity contribution in [2.45, 2.75) is 18.9 Å². The Kier molecular flexibility index (Phi) is 13.9. The molecule has 0 aliphatic heterocycles. The Bertz CT molecular complexity index is 220.